The SMILES string of the molecule is C#C[C@@]1(F)[C@H](O)[C@@H](COP(=S)(N[C@@H](C)C(=O)OC)Oc2ccccc2)O[C@H]1n1cnc2c(N(C)C)nc(N)nc21. The number of benzene rings is 1. The number of nitrogens with zero attached hydrogens (tertiary/aromatic N) is 5. The number of carbonyl (C=O) groups is 1. The molecule has 1 saturated heterocycles. The number of rotatable bonds is 10. The van der Waals surface area contributed by atoms with Gasteiger partial charge in [0, 0.05) is 14.1 Å². The number of aromatic nitrogens is 4. The molecule has 4 rings (SSSR count). The van der Waals surface area contributed by atoms with Crippen molar-refractivity contribution in [2.45, 2.75) is 37.1 Å². The molecule has 0 amide bonds. The second kappa shape index (κ2) is 11.6. The number of fused-ring (bicyclic) bond motifs is 1. The van der Waals surface area contributed by atoms with Crippen LogP contribution in [-0.4, -0.2) is 82.3 Å². The molecular weight excluding hydrogens is 564 g/mol. The lowest BCUT2D eigenvalue weighted by molar-refractivity contribution is -0.142. The summed E-state index contributed by atoms with van der Waals surface area (Å²) in [5, 5.41) is 13.8. The fourth-order valence-corrected chi connectivity index (χ4v) is 6.48. The van der Waals surface area contributed by atoms with E-state index in [-0.39, 0.29) is 11.6 Å². The molecule has 1 fully saturated rings. The number of carbonyl (C=O) groups excluding carboxylic acids is 1. The van der Waals surface area contributed by atoms with Gasteiger partial charge in [0.15, 0.2) is 23.2 Å². The van der Waals surface area contributed by atoms with Crippen LogP contribution in [0.4, 0.5) is 16.2 Å². The van der Waals surface area contributed by atoms with Gasteiger partial charge < -0.3 is 34.3 Å². The molecule has 3 aromatic rings. The van der Waals surface area contributed by atoms with Crippen LogP contribution < -0.4 is 20.2 Å². The van der Waals surface area contributed by atoms with Crippen LogP contribution in [0.15, 0.2) is 36.7 Å². The molecule has 4 N–H and O–H groups in total. The zero-order chi connectivity index (χ0) is 29.2. The van der Waals surface area contributed by atoms with Crippen LogP contribution >= 0.6 is 6.64 Å². The van der Waals surface area contributed by atoms with E-state index in [2.05, 4.69) is 20.0 Å². The Morgan fingerprint density at radius 1 is 1.43 bits per heavy atom. The Morgan fingerprint density at radius 2 is 2.12 bits per heavy atom. The summed E-state index contributed by atoms with van der Waals surface area (Å²) in [6.45, 7) is -2.40. The number of nitrogen functional groups attached to an aromatic ring is 1. The molecule has 0 bridgehead atoms. The van der Waals surface area contributed by atoms with Crippen LogP contribution in [0.25, 0.3) is 11.2 Å². The number of hydrogen-bond acceptors (Lipinski definition) is 12. The molecule has 214 valence electrons. The maximum absolute atomic E-state index is 16.2. The summed E-state index contributed by atoms with van der Waals surface area (Å²) in [6, 6.07) is 7.63. The fraction of sp³-hybridized carbons (Fsp3) is 0.417. The van der Waals surface area contributed by atoms with Crippen molar-refractivity contribution in [2.75, 3.05) is 38.4 Å². The summed E-state index contributed by atoms with van der Waals surface area (Å²) in [4.78, 5) is 26.4. The maximum Gasteiger partial charge on any atom is 0.323 e. The van der Waals surface area contributed by atoms with Gasteiger partial charge in [-0.2, -0.15) is 9.97 Å². The Hall–Kier alpha value is -3.38. The predicted octanol–water partition coefficient (Wildman–Crippen LogP) is 1.55. The average Bonchev–Trinajstić information content (AvgIpc) is 3.45. The van der Waals surface area contributed by atoms with Crippen molar-refractivity contribution in [3.63, 3.8) is 0 Å². The number of imidazole rings is 1. The molecule has 0 radical (unpaired) electrons. The number of ether oxygens (including phenoxy) is 2. The van der Waals surface area contributed by atoms with Crippen LogP contribution in [0.5, 0.6) is 5.75 Å². The van der Waals surface area contributed by atoms with Crippen molar-refractivity contribution >= 4 is 47.3 Å². The van der Waals surface area contributed by atoms with E-state index in [0.29, 0.717) is 17.1 Å². The van der Waals surface area contributed by atoms with Gasteiger partial charge in [0.25, 0.3) is 0 Å². The molecule has 0 saturated carbocycles. The monoisotopic (exact) mass is 593 g/mol. The van der Waals surface area contributed by atoms with Crippen molar-refractivity contribution in [2.24, 2.45) is 0 Å². The van der Waals surface area contributed by atoms with Gasteiger partial charge in [-0.1, -0.05) is 24.1 Å². The Morgan fingerprint density at radius 3 is 2.75 bits per heavy atom. The molecule has 13 nitrogen and oxygen atoms in total. The van der Waals surface area contributed by atoms with Gasteiger partial charge in [-0.3, -0.25) is 9.36 Å². The summed E-state index contributed by atoms with van der Waals surface area (Å²) in [6.07, 6.45) is 2.15. The fourth-order valence-electron chi connectivity index (χ4n) is 4.06. The van der Waals surface area contributed by atoms with E-state index >= 15 is 4.39 Å². The van der Waals surface area contributed by atoms with Crippen molar-refractivity contribution in [1.29, 1.82) is 0 Å². The highest BCUT2D eigenvalue weighted by molar-refractivity contribution is 8.09. The first-order chi connectivity index (χ1) is 18.9. The average molecular weight is 594 g/mol. The number of hydrogen-bond donors (Lipinski definition) is 3. The number of aliphatic hydroxyl groups excluding tert-OH is 1. The number of nitrogens with one attached hydrogen (secondary N) is 1. The normalized spacial score (nSPS) is 24.7. The van der Waals surface area contributed by atoms with Gasteiger partial charge in [0.1, 0.15) is 24.0 Å². The van der Waals surface area contributed by atoms with Crippen LogP contribution in [0.1, 0.15) is 13.2 Å². The van der Waals surface area contributed by atoms with Gasteiger partial charge in [0.2, 0.25) is 11.6 Å². The summed E-state index contributed by atoms with van der Waals surface area (Å²) in [7, 11) is 4.70. The molecule has 0 aliphatic carbocycles. The number of methoxy groups -OCH3 is 1. The maximum atomic E-state index is 16.2. The number of terminal acetylenes is 1. The third kappa shape index (κ3) is 5.73. The topological polar surface area (TPSA) is 159 Å². The highest BCUT2D eigenvalue weighted by Crippen LogP contribution is 2.48. The zero-order valence-electron chi connectivity index (χ0n) is 22.1. The van der Waals surface area contributed by atoms with E-state index in [1.165, 1.54) is 24.9 Å². The molecule has 3 heterocycles. The van der Waals surface area contributed by atoms with Crippen LogP contribution in [0.2, 0.25) is 0 Å². The van der Waals surface area contributed by atoms with E-state index in [1.807, 2.05) is 5.92 Å². The van der Waals surface area contributed by atoms with Crippen molar-refractivity contribution in [3.05, 3.63) is 36.7 Å². The highest BCUT2D eigenvalue weighted by Gasteiger charge is 2.58. The molecule has 2 aromatic heterocycles. The van der Waals surface area contributed by atoms with Crippen molar-refractivity contribution < 1.29 is 32.8 Å². The number of aliphatic hydroxyl groups is 1. The summed E-state index contributed by atoms with van der Waals surface area (Å²) >= 11 is 5.64. The van der Waals surface area contributed by atoms with Gasteiger partial charge in [0.05, 0.1) is 20.0 Å². The lowest BCUT2D eigenvalue weighted by Crippen LogP contribution is -2.42. The minimum absolute atomic E-state index is 0.0777. The minimum atomic E-state index is -3.48. The van der Waals surface area contributed by atoms with Gasteiger partial charge in [-0.25, -0.2) is 14.5 Å². The van der Waals surface area contributed by atoms with Gasteiger partial charge in [-0.15, -0.1) is 6.42 Å². The molecule has 1 aliphatic heterocycles. The van der Waals surface area contributed by atoms with Gasteiger partial charge in [-0.05, 0) is 30.9 Å². The standard InChI is InChI=1S/C24H29FN7O6PS/c1-6-24(25)18(33)16(37-22(24)32-13-27-17-19(31(3)4)28-23(26)29-20(17)32)12-36-39(40,30-14(2)21(34)35-5)38-15-10-8-7-9-11-15/h1,7-11,13-14,16,18,22,33H,12H2,2-5H3,(H,30,40)(H2,26,28,29)/t14-,16+,18+,22+,24+,39?/m0/s1. The Kier molecular flexibility index (Phi) is 8.60. The van der Waals surface area contributed by atoms with E-state index < -0.39 is 49.4 Å². The first-order valence-electron chi connectivity index (χ1n) is 11.9. The Balaban J connectivity index is 1.62. The smallest absolute Gasteiger partial charge is 0.323 e. The van der Waals surface area contributed by atoms with Crippen LogP contribution in [0, 0.1) is 12.3 Å². The van der Waals surface area contributed by atoms with Crippen LogP contribution in [0.3, 0.4) is 0 Å². The van der Waals surface area contributed by atoms with E-state index in [9.17, 15) is 9.90 Å². The number of halogens is 1. The van der Waals surface area contributed by atoms with E-state index in [1.54, 1.807) is 49.3 Å². The predicted molar refractivity (Wildman–Crippen MR) is 149 cm³/mol. The molecule has 1 unspecified atom stereocenters. The largest absolute Gasteiger partial charge is 0.468 e. The lowest BCUT2D eigenvalue weighted by Gasteiger charge is -2.27. The highest BCUT2D eigenvalue weighted by atomic mass is 32.5. The molecule has 40 heavy (non-hydrogen) atoms. The summed E-state index contributed by atoms with van der Waals surface area (Å²) in [5.74, 6) is 2.09. The van der Waals surface area contributed by atoms with Crippen molar-refractivity contribution in [1.82, 2.24) is 24.6 Å². The number of nitrogens with two attached hydrogens (primary N) is 1. The number of alkyl halides is 1. The third-order valence-corrected chi connectivity index (χ3v) is 8.55. The quantitative estimate of drug-likeness (QED) is 0.177. The van der Waals surface area contributed by atoms with E-state index in [4.69, 9.17) is 42.5 Å². The number of para-hydroxylation sites is 1. The number of anilines is 2. The first kappa shape index (κ1) is 29.6. The second-order valence-electron chi connectivity index (χ2n) is 9.08. The van der Waals surface area contributed by atoms with Crippen molar-refractivity contribution in [3.8, 4) is 18.1 Å². The number of esters is 1. The second-order valence-corrected chi connectivity index (χ2v) is 12.2. The third-order valence-electron chi connectivity index (χ3n) is 6.05. The molecular formula is C24H29FN7O6PS. The van der Waals surface area contributed by atoms with Gasteiger partial charge >= 0.3 is 12.6 Å². The molecule has 6 atom stereocenters. The summed E-state index contributed by atoms with van der Waals surface area (Å²) in [5.41, 5.74) is 3.64. The first-order valence-corrected chi connectivity index (χ1v) is 14.6. The van der Waals surface area contributed by atoms with Crippen LogP contribution in [-0.2, 0) is 30.6 Å². The molecule has 1 aliphatic rings. The van der Waals surface area contributed by atoms with E-state index in [0.717, 1.165) is 0 Å². The molecule has 1 aromatic carbocycles. The summed E-state index contributed by atoms with van der Waals surface area (Å²) < 4.78 is 39.9. The lowest BCUT2D eigenvalue weighted by atomic mass is 9.97. The Labute approximate surface area is 235 Å². The minimum Gasteiger partial charge on any atom is -0.468 e. The zero-order valence-corrected chi connectivity index (χ0v) is 23.8. The molecule has 0 spiro atoms. The molecule has 16 heteroatoms. The Bertz CT molecular complexity index is 1470.